The summed E-state index contributed by atoms with van der Waals surface area (Å²) < 4.78 is 0.874. The Morgan fingerprint density at radius 3 is 2.35 bits per heavy atom. The van der Waals surface area contributed by atoms with E-state index < -0.39 is 27.0 Å². The number of halogens is 1. The fourth-order valence-corrected chi connectivity index (χ4v) is 1.93. The zero-order chi connectivity index (χ0) is 17.0. The molecule has 0 spiro atoms. The third-order valence-corrected chi connectivity index (χ3v) is 3.28. The number of non-ortho nitro benzene ring substituents is 1. The number of phenolic OH excluding ortho intramolecular Hbond substituents is 1. The minimum Gasteiger partial charge on any atom is -0.502 e. The molecule has 0 unspecified atom stereocenters. The number of benzene rings is 2. The SMILES string of the molecule is O=[N+]([O-])c1cc(C=NNc2ccc(Br)cc2)c(O)c([N+](=O)[O-])c1. The molecule has 0 radical (unpaired) electrons. The van der Waals surface area contributed by atoms with Crippen molar-refractivity contribution >= 4 is 39.2 Å². The largest absolute Gasteiger partial charge is 0.502 e. The normalized spacial score (nSPS) is 10.7. The maximum atomic E-state index is 10.8. The van der Waals surface area contributed by atoms with Crippen molar-refractivity contribution in [3.63, 3.8) is 0 Å². The first-order valence-corrected chi connectivity index (χ1v) is 6.88. The van der Waals surface area contributed by atoms with Crippen LogP contribution in [-0.4, -0.2) is 21.2 Å². The van der Waals surface area contributed by atoms with E-state index >= 15 is 0 Å². The van der Waals surface area contributed by atoms with Gasteiger partial charge in [-0.3, -0.25) is 25.7 Å². The van der Waals surface area contributed by atoms with Crippen LogP contribution < -0.4 is 5.43 Å². The van der Waals surface area contributed by atoms with E-state index in [4.69, 9.17) is 0 Å². The average Bonchev–Trinajstić information content (AvgIpc) is 2.50. The van der Waals surface area contributed by atoms with Crippen LogP contribution in [0.5, 0.6) is 5.75 Å². The minimum atomic E-state index is -0.901. The highest BCUT2D eigenvalue weighted by Crippen LogP contribution is 2.33. The van der Waals surface area contributed by atoms with E-state index in [2.05, 4.69) is 26.5 Å². The third kappa shape index (κ3) is 4.01. The van der Waals surface area contributed by atoms with Crippen LogP contribution in [-0.2, 0) is 0 Å². The number of nitro groups is 2. The number of nitro benzene ring substituents is 2. The van der Waals surface area contributed by atoms with Crippen LogP contribution >= 0.6 is 15.9 Å². The number of nitrogens with zero attached hydrogens (tertiary/aromatic N) is 3. The fourth-order valence-electron chi connectivity index (χ4n) is 1.67. The van der Waals surface area contributed by atoms with Gasteiger partial charge in [-0.1, -0.05) is 15.9 Å². The number of rotatable bonds is 5. The summed E-state index contributed by atoms with van der Waals surface area (Å²) in [6, 6.07) is 8.67. The zero-order valence-electron chi connectivity index (χ0n) is 11.3. The van der Waals surface area contributed by atoms with Crippen molar-refractivity contribution in [3.8, 4) is 5.75 Å². The van der Waals surface area contributed by atoms with Gasteiger partial charge < -0.3 is 5.11 Å². The summed E-state index contributed by atoms with van der Waals surface area (Å²) in [5, 5.41) is 35.3. The third-order valence-electron chi connectivity index (χ3n) is 2.75. The van der Waals surface area contributed by atoms with Gasteiger partial charge in [0.05, 0.1) is 33.4 Å². The van der Waals surface area contributed by atoms with Crippen LogP contribution in [0.4, 0.5) is 17.1 Å². The van der Waals surface area contributed by atoms with Crippen molar-refractivity contribution in [2.24, 2.45) is 5.10 Å². The monoisotopic (exact) mass is 380 g/mol. The van der Waals surface area contributed by atoms with Gasteiger partial charge in [0.25, 0.3) is 5.69 Å². The molecule has 0 saturated heterocycles. The van der Waals surface area contributed by atoms with Crippen molar-refractivity contribution in [1.29, 1.82) is 0 Å². The Morgan fingerprint density at radius 1 is 1.13 bits per heavy atom. The van der Waals surface area contributed by atoms with Crippen molar-refractivity contribution in [2.75, 3.05) is 5.43 Å². The van der Waals surface area contributed by atoms with E-state index in [1.807, 2.05) is 0 Å². The Morgan fingerprint density at radius 2 is 1.78 bits per heavy atom. The first-order chi connectivity index (χ1) is 10.9. The molecule has 9 nitrogen and oxygen atoms in total. The van der Waals surface area contributed by atoms with Crippen LogP contribution in [0.25, 0.3) is 0 Å². The first kappa shape index (κ1) is 16.4. The van der Waals surface area contributed by atoms with Gasteiger partial charge in [-0.15, -0.1) is 0 Å². The molecular formula is C13H9BrN4O5. The summed E-state index contributed by atoms with van der Waals surface area (Å²) in [5.41, 5.74) is 1.85. The average molecular weight is 381 g/mol. The van der Waals surface area contributed by atoms with Gasteiger partial charge in [0.1, 0.15) is 0 Å². The zero-order valence-corrected chi connectivity index (χ0v) is 12.9. The van der Waals surface area contributed by atoms with Crippen LogP contribution in [0.15, 0.2) is 46.0 Å². The second-order valence-corrected chi connectivity index (χ2v) is 5.21. The van der Waals surface area contributed by atoms with Gasteiger partial charge in [-0.05, 0) is 24.3 Å². The molecule has 0 bridgehead atoms. The van der Waals surface area contributed by atoms with Gasteiger partial charge in [0.2, 0.25) is 5.75 Å². The minimum absolute atomic E-state index is 0.143. The number of hydrogen-bond acceptors (Lipinski definition) is 7. The molecule has 0 heterocycles. The molecule has 0 aromatic heterocycles. The predicted molar refractivity (Wildman–Crippen MR) is 86.8 cm³/mol. The topological polar surface area (TPSA) is 131 Å². The van der Waals surface area contributed by atoms with E-state index in [9.17, 15) is 25.3 Å². The molecule has 0 aliphatic rings. The second-order valence-electron chi connectivity index (χ2n) is 4.29. The van der Waals surface area contributed by atoms with E-state index in [1.165, 1.54) is 0 Å². The Balaban J connectivity index is 2.30. The van der Waals surface area contributed by atoms with Crippen molar-refractivity contribution in [2.45, 2.75) is 0 Å². The summed E-state index contributed by atoms with van der Waals surface area (Å²) in [6.45, 7) is 0. The molecule has 0 atom stereocenters. The van der Waals surface area contributed by atoms with Gasteiger partial charge in [-0.25, -0.2) is 0 Å². The maximum absolute atomic E-state index is 10.8. The lowest BCUT2D eigenvalue weighted by molar-refractivity contribution is -0.394. The number of nitrogens with one attached hydrogen (secondary N) is 1. The quantitative estimate of drug-likeness (QED) is 0.464. The highest BCUT2D eigenvalue weighted by atomic mass is 79.9. The highest BCUT2D eigenvalue weighted by Gasteiger charge is 2.22. The molecule has 0 aliphatic heterocycles. The summed E-state index contributed by atoms with van der Waals surface area (Å²) in [5.74, 6) is -0.693. The number of hydrazone groups is 1. The van der Waals surface area contributed by atoms with E-state index in [0.29, 0.717) is 11.8 Å². The molecule has 0 aliphatic carbocycles. The van der Waals surface area contributed by atoms with Crippen LogP contribution in [0.1, 0.15) is 5.56 Å². The lowest BCUT2D eigenvalue weighted by Gasteiger charge is -2.02. The second kappa shape index (κ2) is 6.83. The lowest BCUT2D eigenvalue weighted by Crippen LogP contribution is -1.97. The van der Waals surface area contributed by atoms with Crippen molar-refractivity contribution < 1.29 is 15.0 Å². The molecule has 0 saturated carbocycles. The molecule has 10 heteroatoms. The van der Waals surface area contributed by atoms with E-state index in [-0.39, 0.29) is 5.56 Å². The van der Waals surface area contributed by atoms with E-state index in [0.717, 1.165) is 16.8 Å². The molecule has 2 aromatic carbocycles. The van der Waals surface area contributed by atoms with Crippen LogP contribution in [0.3, 0.4) is 0 Å². The van der Waals surface area contributed by atoms with Crippen molar-refractivity contribution in [3.05, 3.63) is 66.7 Å². The maximum Gasteiger partial charge on any atom is 0.318 e. The van der Waals surface area contributed by atoms with Crippen LogP contribution in [0, 0.1) is 20.2 Å². The summed E-state index contributed by atoms with van der Waals surface area (Å²) >= 11 is 3.28. The van der Waals surface area contributed by atoms with Crippen molar-refractivity contribution in [1.82, 2.24) is 0 Å². The Labute approximate surface area is 137 Å². The molecule has 0 fully saturated rings. The summed E-state index contributed by atoms with van der Waals surface area (Å²) in [6.07, 6.45) is 1.07. The standard InChI is InChI=1S/C13H9BrN4O5/c14-9-1-3-10(4-2-9)16-15-7-8-5-11(17(20)21)6-12(13(8)19)18(22)23/h1-7,16,19H. The van der Waals surface area contributed by atoms with Gasteiger partial charge in [0, 0.05) is 10.5 Å². The van der Waals surface area contributed by atoms with Gasteiger partial charge >= 0.3 is 5.69 Å². The summed E-state index contributed by atoms with van der Waals surface area (Å²) in [7, 11) is 0. The smallest absolute Gasteiger partial charge is 0.318 e. The highest BCUT2D eigenvalue weighted by molar-refractivity contribution is 9.10. The molecule has 118 valence electrons. The summed E-state index contributed by atoms with van der Waals surface area (Å²) in [4.78, 5) is 20.0. The molecule has 0 amide bonds. The lowest BCUT2D eigenvalue weighted by atomic mass is 10.1. The Hall–Kier alpha value is -3.01. The molecule has 2 N–H and O–H groups in total. The number of aromatic hydroxyl groups is 1. The van der Waals surface area contributed by atoms with Crippen LogP contribution in [0.2, 0.25) is 0 Å². The predicted octanol–water partition coefficient (Wildman–Crippen LogP) is 3.42. The first-order valence-electron chi connectivity index (χ1n) is 6.09. The Kier molecular flexibility index (Phi) is 4.86. The molecule has 23 heavy (non-hydrogen) atoms. The number of hydrogen-bond donors (Lipinski definition) is 2. The van der Waals surface area contributed by atoms with Gasteiger partial charge in [-0.2, -0.15) is 5.10 Å². The fraction of sp³-hybridized carbons (Fsp3) is 0. The Bertz CT molecular complexity index is 792. The van der Waals surface area contributed by atoms with E-state index in [1.54, 1.807) is 24.3 Å². The van der Waals surface area contributed by atoms with Gasteiger partial charge in [0.15, 0.2) is 0 Å². The molecule has 2 aromatic rings. The molecular weight excluding hydrogens is 372 g/mol. The number of anilines is 1. The number of phenols is 1. The molecule has 2 rings (SSSR count).